The lowest BCUT2D eigenvalue weighted by Gasteiger charge is -2.22. The zero-order chi connectivity index (χ0) is 9.42. The lowest BCUT2D eigenvalue weighted by molar-refractivity contribution is 0.680. The van der Waals surface area contributed by atoms with Gasteiger partial charge in [0, 0.05) is 10.9 Å². The molecule has 4 heteroatoms. The third-order valence-electron chi connectivity index (χ3n) is 2.16. The van der Waals surface area contributed by atoms with Crippen molar-refractivity contribution >= 4 is 35.0 Å². The van der Waals surface area contributed by atoms with E-state index in [2.05, 4.69) is 0 Å². The van der Waals surface area contributed by atoms with Crippen LogP contribution in [0.3, 0.4) is 0 Å². The molecule has 2 N–H and O–H groups in total. The summed E-state index contributed by atoms with van der Waals surface area (Å²) in [6, 6.07) is 3.90. The first kappa shape index (κ1) is 9.66. The molecule has 0 amide bonds. The molecule has 1 nitrogen and oxygen atoms in total. The fraction of sp³-hybridized carbons (Fsp3) is 0.333. The largest absolute Gasteiger partial charge is 0.324 e. The van der Waals surface area contributed by atoms with Crippen molar-refractivity contribution in [3.8, 4) is 0 Å². The molecule has 1 aliphatic heterocycles. The van der Waals surface area contributed by atoms with Gasteiger partial charge in [0.2, 0.25) is 0 Å². The van der Waals surface area contributed by atoms with E-state index in [9.17, 15) is 0 Å². The lowest BCUT2D eigenvalue weighted by Crippen LogP contribution is -2.15. The Morgan fingerprint density at radius 3 is 2.92 bits per heavy atom. The van der Waals surface area contributed by atoms with E-state index in [0.717, 1.165) is 22.6 Å². The standard InChI is InChI=1S/C9H9Cl2NS/c10-6-2-1-5-7(12)3-4-13-9(5)8(6)11/h1-2,7H,3-4,12H2/t7-/m0/s1. The molecule has 0 unspecified atom stereocenters. The normalized spacial score (nSPS) is 21.3. The first-order valence-electron chi connectivity index (χ1n) is 4.06. The van der Waals surface area contributed by atoms with Crippen LogP contribution < -0.4 is 5.73 Å². The average molecular weight is 234 g/mol. The quantitative estimate of drug-likeness (QED) is 0.743. The van der Waals surface area contributed by atoms with Crippen molar-refractivity contribution < 1.29 is 0 Å². The molecule has 0 fully saturated rings. The molecular formula is C9H9Cl2NS. The van der Waals surface area contributed by atoms with E-state index in [0.29, 0.717) is 10.0 Å². The van der Waals surface area contributed by atoms with Crippen LogP contribution in [0.15, 0.2) is 17.0 Å². The number of thioether (sulfide) groups is 1. The maximum absolute atomic E-state index is 6.07. The van der Waals surface area contributed by atoms with E-state index in [1.165, 1.54) is 0 Å². The maximum atomic E-state index is 6.07. The predicted octanol–water partition coefficient (Wildman–Crippen LogP) is 3.49. The van der Waals surface area contributed by atoms with Gasteiger partial charge in [0.25, 0.3) is 0 Å². The molecule has 0 aliphatic carbocycles. The summed E-state index contributed by atoms with van der Waals surface area (Å²) in [5.74, 6) is 1.02. The average Bonchev–Trinajstić information content (AvgIpc) is 2.12. The van der Waals surface area contributed by atoms with Crippen LogP contribution in [0.4, 0.5) is 0 Å². The minimum Gasteiger partial charge on any atom is -0.324 e. The van der Waals surface area contributed by atoms with Crippen LogP contribution in [0.25, 0.3) is 0 Å². The Kier molecular flexibility index (Phi) is 2.75. The summed E-state index contributed by atoms with van der Waals surface area (Å²) < 4.78 is 0. The van der Waals surface area contributed by atoms with Gasteiger partial charge in [0.1, 0.15) is 0 Å². The molecule has 0 bridgehead atoms. The SMILES string of the molecule is N[C@H]1CCSc2c1ccc(Cl)c2Cl. The van der Waals surface area contributed by atoms with Gasteiger partial charge in [-0.1, -0.05) is 29.3 Å². The molecule has 1 aromatic rings. The Morgan fingerprint density at radius 2 is 2.15 bits per heavy atom. The van der Waals surface area contributed by atoms with E-state index in [4.69, 9.17) is 28.9 Å². The van der Waals surface area contributed by atoms with Crippen molar-refractivity contribution in [1.82, 2.24) is 0 Å². The number of rotatable bonds is 0. The van der Waals surface area contributed by atoms with Crippen LogP contribution in [-0.4, -0.2) is 5.75 Å². The summed E-state index contributed by atoms with van der Waals surface area (Å²) in [6.07, 6.45) is 1.01. The van der Waals surface area contributed by atoms with Gasteiger partial charge in [0.15, 0.2) is 0 Å². The summed E-state index contributed by atoms with van der Waals surface area (Å²) in [5, 5.41) is 1.27. The van der Waals surface area contributed by atoms with Crippen LogP contribution in [0, 0.1) is 0 Å². The molecule has 0 saturated heterocycles. The zero-order valence-electron chi connectivity index (χ0n) is 6.89. The number of fused-ring (bicyclic) bond motifs is 1. The Bertz CT molecular complexity index is 341. The van der Waals surface area contributed by atoms with Gasteiger partial charge in [-0.2, -0.15) is 0 Å². The smallest absolute Gasteiger partial charge is 0.0731 e. The van der Waals surface area contributed by atoms with E-state index in [-0.39, 0.29) is 6.04 Å². The number of hydrogen-bond donors (Lipinski definition) is 1. The summed E-state index contributed by atoms with van der Waals surface area (Å²) >= 11 is 13.7. The highest BCUT2D eigenvalue weighted by Gasteiger charge is 2.20. The highest BCUT2D eigenvalue weighted by atomic mass is 35.5. The lowest BCUT2D eigenvalue weighted by atomic mass is 10.1. The fourth-order valence-electron chi connectivity index (χ4n) is 1.43. The third-order valence-corrected chi connectivity index (χ3v) is 4.24. The molecule has 1 aliphatic rings. The van der Waals surface area contributed by atoms with E-state index < -0.39 is 0 Å². The highest BCUT2D eigenvalue weighted by Crippen LogP contribution is 2.42. The van der Waals surface area contributed by atoms with E-state index >= 15 is 0 Å². The van der Waals surface area contributed by atoms with Crippen molar-refractivity contribution in [3.05, 3.63) is 27.7 Å². The molecule has 0 spiro atoms. The first-order chi connectivity index (χ1) is 6.20. The Hall–Kier alpha value is 0.110. The molecule has 13 heavy (non-hydrogen) atoms. The predicted molar refractivity (Wildman–Crippen MR) is 58.7 cm³/mol. The molecule has 0 radical (unpaired) electrons. The van der Waals surface area contributed by atoms with Gasteiger partial charge in [-0.15, -0.1) is 11.8 Å². The second-order valence-electron chi connectivity index (χ2n) is 3.02. The van der Waals surface area contributed by atoms with Crippen LogP contribution >= 0.6 is 35.0 Å². The molecule has 2 rings (SSSR count). The van der Waals surface area contributed by atoms with Crippen LogP contribution in [-0.2, 0) is 0 Å². The summed E-state index contributed by atoms with van der Waals surface area (Å²) in [7, 11) is 0. The van der Waals surface area contributed by atoms with Gasteiger partial charge in [0.05, 0.1) is 10.0 Å². The number of nitrogens with two attached hydrogens (primary N) is 1. The minimum atomic E-state index is 0.117. The zero-order valence-corrected chi connectivity index (χ0v) is 9.22. The van der Waals surface area contributed by atoms with Gasteiger partial charge >= 0.3 is 0 Å². The van der Waals surface area contributed by atoms with Crippen molar-refractivity contribution in [3.63, 3.8) is 0 Å². The van der Waals surface area contributed by atoms with E-state index in [1.54, 1.807) is 11.8 Å². The Morgan fingerprint density at radius 1 is 1.38 bits per heavy atom. The minimum absolute atomic E-state index is 0.117. The fourth-order valence-corrected chi connectivity index (χ4v) is 3.18. The number of halogens is 2. The molecule has 1 heterocycles. The number of benzene rings is 1. The van der Waals surface area contributed by atoms with Crippen LogP contribution in [0.2, 0.25) is 10.0 Å². The summed E-state index contributed by atoms with van der Waals surface area (Å²) in [6.45, 7) is 0. The molecule has 70 valence electrons. The first-order valence-corrected chi connectivity index (χ1v) is 5.80. The Labute approximate surface area is 91.6 Å². The molecule has 0 saturated carbocycles. The Balaban J connectivity index is 2.56. The van der Waals surface area contributed by atoms with Crippen molar-refractivity contribution in [2.45, 2.75) is 17.4 Å². The van der Waals surface area contributed by atoms with Crippen molar-refractivity contribution in [1.29, 1.82) is 0 Å². The second-order valence-corrected chi connectivity index (χ2v) is 4.91. The van der Waals surface area contributed by atoms with Crippen molar-refractivity contribution in [2.75, 3.05) is 5.75 Å². The van der Waals surface area contributed by atoms with E-state index in [1.807, 2.05) is 12.1 Å². The monoisotopic (exact) mass is 233 g/mol. The van der Waals surface area contributed by atoms with Gasteiger partial charge in [-0.3, -0.25) is 0 Å². The maximum Gasteiger partial charge on any atom is 0.0731 e. The van der Waals surface area contributed by atoms with Crippen LogP contribution in [0.5, 0.6) is 0 Å². The molecule has 1 atom stereocenters. The van der Waals surface area contributed by atoms with Gasteiger partial charge < -0.3 is 5.73 Å². The highest BCUT2D eigenvalue weighted by molar-refractivity contribution is 7.99. The van der Waals surface area contributed by atoms with Gasteiger partial charge in [-0.25, -0.2) is 0 Å². The van der Waals surface area contributed by atoms with Gasteiger partial charge in [-0.05, 0) is 23.8 Å². The second kappa shape index (κ2) is 3.70. The molecular weight excluding hydrogens is 225 g/mol. The number of hydrogen-bond acceptors (Lipinski definition) is 2. The molecule has 0 aromatic heterocycles. The summed E-state index contributed by atoms with van der Waals surface area (Å²) in [5.41, 5.74) is 7.08. The molecule has 1 aromatic carbocycles. The topological polar surface area (TPSA) is 26.0 Å². The van der Waals surface area contributed by atoms with Crippen molar-refractivity contribution in [2.24, 2.45) is 5.73 Å². The third kappa shape index (κ3) is 1.68. The summed E-state index contributed by atoms with van der Waals surface area (Å²) in [4.78, 5) is 1.06. The van der Waals surface area contributed by atoms with Crippen LogP contribution in [0.1, 0.15) is 18.0 Å².